The van der Waals surface area contributed by atoms with E-state index in [9.17, 15) is 0 Å². The van der Waals surface area contributed by atoms with Gasteiger partial charge in [0.15, 0.2) is 0 Å². The van der Waals surface area contributed by atoms with Crippen LogP contribution in [0.25, 0.3) is 0 Å². The Labute approximate surface area is 155 Å². The minimum atomic E-state index is 0. The van der Waals surface area contributed by atoms with E-state index >= 15 is 0 Å². The van der Waals surface area contributed by atoms with E-state index in [2.05, 4.69) is 25.6 Å². The number of hydrogen-bond donors (Lipinski definition) is 2. The molecular formula is C19H13N5Ni. The van der Waals surface area contributed by atoms with Crippen LogP contribution in [-0.2, 0) is 16.5 Å². The third-order valence-corrected chi connectivity index (χ3v) is 3.90. The van der Waals surface area contributed by atoms with Gasteiger partial charge in [0, 0.05) is 28.8 Å². The average Bonchev–Trinajstić information content (AvgIpc) is 3.32. The molecule has 0 atom stereocenters. The van der Waals surface area contributed by atoms with E-state index in [-0.39, 0.29) is 16.5 Å². The van der Waals surface area contributed by atoms with Gasteiger partial charge in [0.2, 0.25) is 0 Å². The van der Waals surface area contributed by atoms with Crippen molar-refractivity contribution in [2.75, 3.05) is 0 Å². The Morgan fingerprint density at radius 2 is 1.12 bits per heavy atom. The van der Waals surface area contributed by atoms with Gasteiger partial charge in [0.25, 0.3) is 0 Å². The molecule has 0 aliphatic carbocycles. The van der Waals surface area contributed by atoms with E-state index in [0.717, 1.165) is 45.7 Å². The predicted octanol–water partition coefficient (Wildman–Crippen LogP) is 2.56. The molecule has 5 heterocycles. The molecule has 6 heteroatoms. The summed E-state index contributed by atoms with van der Waals surface area (Å²) >= 11 is 0. The zero-order valence-corrected chi connectivity index (χ0v) is 14.0. The van der Waals surface area contributed by atoms with Crippen molar-refractivity contribution >= 4 is 17.1 Å². The zero-order valence-electron chi connectivity index (χ0n) is 13.0. The summed E-state index contributed by atoms with van der Waals surface area (Å²) in [6.07, 6.45) is 21.8. The molecule has 0 spiro atoms. The number of rotatable bonds is 0. The smallest absolute Gasteiger partial charge is 0.109 e. The van der Waals surface area contributed by atoms with Gasteiger partial charge in [0.05, 0.1) is 39.9 Å². The summed E-state index contributed by atoms with van der Waals surface area (Å²) in [6.45, 7) is 0. The number of hydrogen-bond acceptors (Lipinski definition) is 5. The molecule has 8 bridgehead atoms. The molecule has 5 rings (SSSR count). The van der Waals surface area contributed by atoms with E-state index in [1.807, 2.05) is 67.0 Å². The monoisotopic (exact) mass is 369 g/mol. The molecule has 2 N–H and O–H groups in total. The van der Waals surface area contributed by atoms with Gasteiger partial charge >= 0.3 is 0 Å². The summed E-state index contributed by atoms with van der Waals surface area (Å²) in [5, 5.41) is 6.52. The molecule has 124 valence electrons. The van der Waals surface area contributed by atoms with Gasteiger partial charge in [-0.1, -0.05) is 0 Å². The fourth-order valence-corrected chi connectivity index (χ4v) is 2.81. The summed E-state index contributed by atoms with van der Waals surface area (Å²) < 4.78 is 0. The van der Waals surface area contributed by atoms with Crippen molar-refractivity contribution in [1.82, 2.24) is 10.6 Å². The Balaban J connectivity index is 0.00000157. The van der Waals surface area contributed by atoms with Crippen LogP contribution < -0.4 is 10.6 Å². The van der Waals surface area contributed by atoms with Gasteiger partial charge in [-0.05, 0) is 54.7 Å². The number of nitrogens with one attached hydrogen (secondary N) is 2. The van der Waals surface area contributed by atoms with Gasteiger partial charge in [-0.25, -0.2) is 15.0 Å². The fraction of sp³-hybridized carbons (Fsp3) is 0. The number of allylic oxidation sites excluding steroid dienone is 10. The maximum atomic E-state index is 4.60. The molecule has 0 unspecified atom stereocenters. The van der Waals surface area contributed by atoms with Crippen LogP contribution in [0.15, 0.2) is 111 Å². The van der Waals surface area contributed by atoms with Crippen molar-refractivity contribution in [3.05, 3.63) is 95.6 Å². The molecule has 0 aromatic rings. The minimum Gasteiger partial charge on any atom is -0.346 e. The van der Waals surface area contributed by atoms with Gasteiger partial charge < -0.3 is 10.6 Å². The van der Waals surface area contributed by atoms with Crippen LogP contribution in [0.4, 0.5) is 0 Å². The molecule has 0 saturated heterocycles. The molecule has 0 amide bonds. The second-order valence-electron chi connectivity index (χ2n) is 5.74. The zero-order chi connectivity index (χ0) is 15.9. The molecule has 0 aromatic heterocycles. The molecule has 0 saturated carbocycles. The Hall–Kier alpha value is -2.98. The third kappa shape index (κ3) is 3.17. The van der Waals surface area contributed by atoms with E-state index in [0.29, 0.717) is 0 Å². The first-order valence-corrected chi connectivity index (χ1v) is 7.71. The third-order valence-electron chi connectivity index (χ3n) is 3.90. The Morgan fingerprint density at radius 1 is 0.600 bits per heavy atom. The van der Waals surface area contributed by atoms with E-state index in [4.69, 9.17) is 0 Å². The van der Waals surface area contributed by atoms with Gasteiger partial charge in [-0.3, -0.25) is 0 Å². The predicted molar refractivity (Wildman–Crippen MR) is 96.4 cm³/mol. The van der Waals surface area contributed by atoms with Crippen molar-refractivity contribution in [2.24, 2.45) is 15.0 Å². The van der Waals surface area contributed by atoms with Crippen LogP contribution >= 0.6 is 0 Å². The molecule has 5 aliphatic rings. The number of fused-ring (bicyclic) bond motifs is 5. The van der Waals surface area contributed by atoms with Crippen molar-refractivity contribution in [3.63, 3.8) is 0 Å². The quantitative estimate of drug-likeness (QED) is 0.644. The van der Waals surface area contributed by atoms with Gasteiger partial charge in [0.1, 0.15) is 5.82 Å². The molecule has 0 radical (unpaired) electrons. The van der Waals surface area contributed by atoms with Crippen LogP contribution in [0.1, 0.15) is 0 Å². The van der Waals surface area contributed by atoms with E-state index in [1.54, 1.807) is 0 Å². The fourth-order valence-electron chi connectivity index (χ4n) is 2.81. The Kier molecular flexibility index (Phi) is 3.82. The minimum absolute atomic E-state index is 0. The second kappa shape index (κ2) is 6.15. The maximum Gasteiger partial charge on any atom is 0.109 e. The number of aliphatic imine (C=N–C) groups is 3. The first-order valence-electron chi connectivity index (χ1n) is 7.71. The standard InChI is InChI=1S/C19H13N5.Ni/c1-2-13-8-15-5-6-17(23-15)10-19-20-11-18(24-19)9-16-4-3-14(22-16)7-12(1)21-13;/h1-11,20,24H;. The van der Waals surface area contributed by atoms with Crippen molar-refractivity contribution in [2.45, 2.75) is 0 Å². The van der Waals surface area contributed by atoms with Gasteiger partial charge in [-0.2, -0.15) is 0 Å². The van der Waals surface area contributed by atoms with E-state index in [1.165, 1.54) is 0 Å². The molecule has 0 fully saturated rings. The normalized spacial score (nSPS) is 21.8. The SMILES string of the molecule is C1=CC2=NC1=CC1=CNC(=CC3=NC(=CC4=NC(=C2)C=C4)C=C3)N1.[Ni]. The molecule has 5 aliphatic heterocycles. The first kappa shape index (κ1) is 15.5. The van der Waals surface area contributed by atoms with Crippen LogP contribution in [0.3, 0.4) is 0 Å². The Bertz CT molecular complexity index is 991. The molecular weight excluding hydrogens is 357 g/mol. The van der Waals surface area contributed by atoms with Crippen molar-refractivity contribution < 1.29 is 16.5 Å². The largest absolute Gasteiger partial charge is 0.346 e. The second-order valence-corrected chi connectivity index (χ2v) is 5.74. The van der Waals surface area contributed by atoms with Crippen LogP contribution in [-0.4, -0.2) is 17.1 Å². The Morgan fingerprint density at radius 3 is 1.72 bits per heavy atom. The average molecular weight is 370 g/mol. The van der Waals surface area contributed by atoms with Gasteiger partial charge in [-0.15, -0.1) is 0 Å². The van der Waals surface area contributed by atoms with Crippen LogP contribution in [0.5, 0.6) is 0 Å². The first-order chi connectivity index (χ1) is 11.8. The van der Waals surface area contributed by atoms with Crippen molar-refractivity contribution in [1.29, 1.82) is 0 Å². The topological polar surface area (TPSA) is 61.1 Å². The van der Waals surface area contributed by atoms with Crippen molar-refractivity contribution in [3.8, 4) is 0 Å². The molecule has 25 heavy (non-hydrogen) atoms. The summed E-state index contributed by atoms with van der Waals surface area (Å²) in [6, 6.07) is 0. The van der Waals surface area contributed by atoms with Crippen LogP contribution in [0, 0.1) is 0 Å². The summed E-state index contributed by atoms with van der Waals surface area (Å²) in [4.78, 5) is 13.8. The summed E-state index contributed by atoms with van der Waals surface area (Å²) in [5.74, 6) is 0.894. The maximum absolute atomic E-state index is 4.60. The summed E-state index contributed by atoms with van der Waals surface area (Å²) in [5.41, 5.74) is 6.34. The molecule has 5 nitrogen and oxygen atoms in total. The van der Waals surface area contributed by atoms with Crippen LogP contribution in [0.2, 0.25) is 0 Å². The molecule has 0 aromatic carbocycles. The summed E-state index contributed by atoms with van der Waals surface area (Å²) in [7, 11) is 0. The number of nitrogens with zero attached hydrogens (tertiary/aromatic N) is 3. The van der Waals surface area contributed by atoms with E-state index < -0.39 is 0 Å².